The van der Waals surface area contributed by atoms with Gasteiger partial charge in [-0.05, 0) is 18.9 Å². The SMILES string of the molecule is CCCn1c(-c2ccccc2C)nnc1S(=O)(=O)Cl. The summed E-state index contributed by atoms with van der Waals surface area (Å²) in [5, 5.41) is 7.50. The molecule has 0 radical (unpaired) electrons. The average Bonchev–Trinajstić information content (AvgIpc) is 2.74. The summed E-state index contributed by atoms with van der Waals surface area (Å²) < 4.78 is 24.5. The number of hydrogen-bond acceptors (Lipinski definition) is 4. The molecule has 1 aromatic carbocycles. The maximum Gasteiger partial charge on any atom is 0.296 e. The normalized spacial score (nSPS) is 11.7. The summed E-state index contributed by atoms with van der Waals surface area (Å²) in [5.41, 5.74) is 1.86. The third-order valence-electron chi connectivity index (χ3n) is 2.77. The van der Waals surface area contributed by atoms with Gasteiger partial charge in [0.1, 0.15) is 0 Å². The highest BCUT2D eigenvalue weighted by Crippen LogP contribution is 2.25. The fourth-order valence-electron chi connectivity index (χ4n) is 1.92. The fraction of sp³-hybridized carbons (Fsp3) is 0.333. The molecule has 0 bridgehead atoms. The van der Waals surface area contributed by atoms with E-state index < -0.39 is 9.05 Å². The van der Waals surface area contributed by atoms with Crippen LogP contribution in [0.25, 0.3) is 11.4 Å². The van der Waals surface area contributed by atoms with Crippen LogP contribution in [0.2, 0.25) is 0 Å². The molecule has 2 aromatic rings. The van der Waals surface area contributed by atoms with Gasteiger partial charge in [0.2, 0.25) is 0 Å². The molecule has 0 saturated heterocycles. The molecule has 0 atom stereocenters. The van der Waals surface area contributed by atoms with Crippen LogP contribution >= 0.6 is 10.7 Å². The zero-order valence-corrected chi connectivity index (χ0v) is 12.2. The van der Waals surface area contributed by atoms with Gasteiger partial charge in [-0.2, -0.15) is 0 Å². The van der Waals surface area contributed by atoms with E-state index in [1.807, 2.05) is 38.1 Å². The van der Waals surface area contributed by atoms with Gasteiger partial charge in [0.25, 0.3) is 14.2 Å². The van der Waals surface area contributed by atoms with Crippen LogP contribution in [-0.2, 0) is 15.6 Å². The van der Waals surface area contributed by atoms with Crippen LogP contribution < -0.4 is 0 Å². The van der Waals surface area contributed by atoms with Crippen molar-refractivity contribution in [1.82, 2.24) is 14.8 Å². The quantitative estimate of drug-likeness (QED) is 0.814. The van der Waals surface area contributed by atoms with Gasteiger partial charge < -0.3 is 0 Å². The molecule has 0 aliphatic carbocycles. The van der Waals surface area contributed by atoms with Crippen LogP contribution in [0.4, 0.5) is 0 Å². The van der Waals surface area contributed by atoms with Crippen molar-refractivity contribution in [2.45, 2.75) is 32.0 Å². The third-order valence-corrected chi connectivity index (χ3v) is 3.92. The molecule has 7 heteroatoms. The van der Waals surface area contributed by atoms with Crippen LogP contribution in [0.3, 0.4) is 0 Å². The Bertz CT molecular complexity index is 695. The third kappa shape index (κ3) is 2.79. The lowest BCUT2D eigenvalue weighted by Crippen LogP contribution is -2.08. The number of aromatic nitrogens is 3. The van der Waals surface area contributed by atoms with E-state index in [9.17, 15) is 8.42 Å². The van der Waals surface area contributed by atoms with Gasteiger partial charge in [-0.1, -0.05) is 31.2 Å². The Labute approximate surface area is 116 Å². The van der Waals surface area contributed by atoms with Crippen molar-refractivity contribution in [2.24, 2.45) is 0 Å². The van der Waals surface area contributed by atoms with Crippen LogP contribution in [0.15, 0.2) is 29.4 Å². The van der Waals surface area contributed by atoms with Crippen molar-refractivity contribution in [1.29, 1.82) is 0 Å². The number of halogens is 1. The molecule has 0 amide bonds. The highest BCUT2D eigenvalue weighted by molar-refractivity contribution is 8.13. The molecular weight excluding hydrogens is 286 g/mol. The molecule has 0 saturated carbocycles. The number of nitrogens with zero attached hydrogens (tertiary/aromatic N) is 3. The molecule has 19 heavy (non-hydrogen) atoms. The zero-order valence-electron chi connectivity index (χ0n) is 10.7. The van der Waals surface area contributed by atoms with E-state index in [0.29, 0.717) is 12.4 Å². The van der Waals surface area contributed by atoms with Gasteiger partial charge in [-0.25, -0.2) is 8.42 Å². The van der Waals surface area contributed by atoms with Crippen molar-refractivity contribution >= 4 is 19.7 Å². The lowest BCUT2D eigenvalue weighted by Gasteiger charge is -2.09. The molecule has 5 nitrogen and oxygen atoms in total. The Morgan fingerprint density at radius 3 is 2.53 bits per heavy atom. The number of aryl methyl sites for hydroxylation is 1. The number of rotatable bonds is 4. The first-order valence-corrected chi connectivity index (χ1v) is 8.20. The lowest BCUT2D eigenvalue weighted by molar-refractivity contribution is 0.570. The van der Waals surface area contributed by atoms with Crippen LogP contribution in [0, 0.1) is 6.92 Å². The Balaban J connectivity index is 2.66. The first kappa shape index (κ1) is 14.0. The molecule has 1 heterocycles. The predicted octanol–water partition coefficient (Wildman–Crippen LogP) is 2.59. The first-order valence-electron chi connectivity index (χ1n) is 5.89. The van der Waals surface area contributed by atoms with Gasteiger partial charge in [-0.15, -0.1) is 10.2 Å². The second-order valence-electron chi connectivity index (χ2n) is 4.21. The molecule has 0 fully saturated rings. The summed E-state index contributed by atoms with van der Waals surface area (Å²) in [6.45, 7) is 4.39. The highest BCUT2D eigenvalue weighted by atomic mass is 35.7. The van der Waals surface area contributed by atoms with Crippen molar-refractivity contribution in [3.63, 3.8) is 0 Å². The highest BCUT2D eigenvalue weighted by Gasteiger charge is 2.23. The average molecular weight is 300 g/mol. The van der Waals surface area contributed by atoms with Gasteiger partial charge in [-0.3, -0.25) is 4.57 Å². The first-order chi connectivity index (χ1) is 8.95. The molecule has 0 aliphatic rings. The number of hydrogen-bond donors (Lipinski definition) is 0. The van der Waals surface area contributed by atoms with Gasteiger partial charge in [0.05, 0.1) is 0 Å². The fourth-order valence-corrected chi connectivity index (χ4v) is 2.84. The Morgan fingerprint density at radius 1 is 1.26 bits per heavy atom. The summed E-state index contributed by atoms with van der Waals surface area (Å²) in [6, 6.07) is 7.62. The molecule has 0 spiro atoms. The Kier molecular flexibility index (Phi) is 3.91. The lowest BCUT2D eigenvalue weighted by atomic mass is 10.1. The van der Waals surface area contributed by atoms with E-state index in [1.165, 1.54) is 0 Å². The van der Waals surface area contributed by atoms with Gasteiger partial charge in [0.15, 0.2) is 5.82 Å². The minimum atomic E-state index is -3.89. The van der Waals surface area contributed by atoms with Crippen LogP contribution in [-0.4, -0.2) is 23.2 Å². The molecular formula is C12H14ClN3O2S. The van der Waals surface area contributed by atoms with Gasteiger partial charge >= 0.3 is 0 Å². The second kappa shape index (κ2) is 5.30. The molecule has 1 aromatic heterocycles. The number of benzene rings is 1. The van der Waals surface area contributed by atoms with E-state index in [0.717, 1.165) is 17.5 Å². The summed E-state index contributed by atoms with van der Waals surface area (Å²) >= 11 is 0. The molecule has 0 aliphatic heterocycles. The summed E-state index contributed by atoms with van der Waals surface area (Å²) in [5.74, 6) is 0.527. The van der Waals surface area contributed by atoms with Crippen molar-refractivity contribution in [3.05, 3.63) is 29.8 Å². The van der Waals surface area contributed by atoms with Gasteiger partial charge in [0, 0.05) is 22.8 Å². The van der Waals surface area contributed by atoms with Crippen LogP contribution in [0.1, 0.15) is 18.9 Å². The van der Waals surface area contributed by atoms with E-state index >= 15 is 0 Å². The predicted molar refractivity (Wildman–Crippen MR) is 73.5 cm³/mol. The Hall–Kier alpha value is -1.40. The zero-order chi connectivity index (χ0) is 14.0. The van der Waals surface area contributed by atoms with Crippen molar-refractivity contribution in [3.8, 4) is 11.4 Å². The smallest absolute Gasteiger partial charge is 0.296 e. The largest absolute Gasteiger partial charge is 0.297 e. The Morgan fingerprint density at radius 2 is 1.95 bits per heavy atom. The summed E-state index contributed by atoms with van der Waals surface area (Å²) in [6.07, 6.45) is 0.760. The summed E-state index contributed by atoms with van der Waals surface area (Å²) in [7, 11) is 1.49. The maximum absolute atomic E-state index is 11.5. The standard InChI is InChI=1S/C12H14ClN3O2S/c1-3-8-16-11(10-7-5-4-6-9(10)2)14-15-12(16)19(13,17)18/h4-7H,3,8H2,1-2H3. The van der Waals surface area contributed by atoms with E-state index in [2.05, 4.69) is 10.2 Å². The minimum Gasteiger partial charge on any atom is -0.297 e. The van der Waals surface area contributed by atoms with E-state index in [4.69, 9.17) is 10.7 Å². The molecule has 102 valence electrons. The maximum atomic E-state index is 11.5. The van der Waals surface area contributed by atoms with E-state index in [1.54, 1.807) is 4.57 Å². The van der Waals surface area contributed by atoms with E-state index in [-0.39, 0.29) is 5.16 Å². The molecule has 0 unspecified atom stereocenters. The molecule has 2 rings (SSSR count). The van der Waals surface area contributed by atoms with Crippen LogP contribution in [0.5, 0.6) is 0 Å². The summed E-state index contributed by atoms with van der Waals surface area (Å²) in [4.78, 5) is 0. The monoisotopic (exact) mass is 299 g/mol. The van der Waals surface area contributed by atoms with Crippen molar-refractivity contribution < 1.29 is 8.42 Å². The second-order valence-corrected chi connectivity index (χ2v) is 6.67. The minimum absolute atomic E-state index is 0.200. The topological polar surface area (TPSA) is 64.8 Å². The van der Waals surface area contributed by atoms with Crippen molar-refractivity contribution in [2.75, 3.05) is 0 Å². The molecule has 0 N–H and O–H groups in total.